The first-order chi connectivity index (χ1) is 14.7. The molecule has 0 bridgehead atoms. The van der Waals surface area contributed by atoms with Crippen LogP contribution in [0, 0.1) is 0 Å². The molecule has 8 heteroatoms. The number of piperazine rings is 1. The van der Waals surface area contributed by atoms with E-state index in [0.717, 1.165) is 16.7 Å². The van der Waals surface area contributed by atoms with Crippen LogP contribution >= 0.6 is 0 Å². The topological polar surface area (TPSA) is 90.6 Å². The normalized spacial score (nSPS) is 14.6. The van der Waals surface area contributed by atoms with Crippen LogP contribution < -0.4 is 10.1 Å². The molecule has 0 saturated carbocycles. The average molecular weight is 407 g/mol. The van der Waals surface area contributed by atoms with Gasteiger partial charge in [0, 0.05) is 31.6 Å². The lowest BCUT2D eigenvalue weighted by Crippen LogP contribution is -2.51. The van der Waals surface area contributed by atoms with Crippen LogP contribution in [0.4, 0.5) is 0 Å². The van der Waals surface area contributed by atoms with Crippen LogP contribution in [0.25, 0.3) is 10.9 Å². The summed E-state index contributed by atoms with van der Waals surface area (Å²) in [7, 11) is 0. The maximum Gasteiger partial charge on any atom is 0.275 e. The third kappa shape index (κ3) is 4.77. The Balaban J connectivity index is 1.19. The lowest BCUT2D eigenvalue weighted by Gasteiger charge is -2.34. The molecule has 2 aromatic carbocycles. The monoisotopic (exact) mass is 407 g/mol. The molecule has 30 heavy (non-hydrogen) atoms. The molecule has 1 saturated heterocycles. The molecule has 0 atom stereocenters. The molecule has 4 rings (SSSR count). The molecule has 3 aromatic rings. The Morgan fingerprint density at radius 1 is 1.00 bits per heavy atom. The first-order valence-electron chi connectivity index (χ1n) is 10.1. The standard InChI is InChI=1S/C22H25N5O3/c28-20(23-10-15-30-17-6-2-1-3-7-17)16-26-11-13-27(14-12-26)22(29)21-18-8-4-5-9-19(18)24-25-21/h1-9H,10-16H2,(H,23,28)(H,24,25). The van der Waals surface area contributed by atoms with Gasteiger partial charge in [-0.05, 0) is 18.2 Å². The highest BCUT2D eigenvalue weighted by molar-refractivity contribution is 6.04. The van der Waals surface area contributed by atoms with Crippen molar-refractivity contribution < 1.29 is 14.3 Å². The maximum atomic E-state index is 12.8. The Morgan fingerprint density at radius 3 is 2.53 bits per heavy atom. The second-order valence-corrected chi connectivity index (χ2v) is 7.20. The SMILES string of the molecule is O=C(CN1CCN(C(=O)c2n[nH]c3ccccc23)CC1)NCCOc1ccccc1. The number of ether oxygens (including phenoxy) is 1. The summed E-state index contributed by atoms with van der Waals surface area (Å²) in [4.78, 5) is 28.8. The number of nitrogens with zero attached hydrogens (tertiary/aromatic N) is 3. The maximum absolute atomic E-state index is 12.8. The predicted octanol–water partition coefficient (Wildman–Crippen LogP) is 1.52. The zero-order chi connectivity index (χ0) is 20.8. The van der Waals surface area contributed by atoms with E-state index in [0.29, 0.717) is 51.6 Å². The summed E-state index contributed by atoms with van der Waals surface area (Å²) in [5.74, 6) is 0.677. The summed E-state index contributed by atoms with van der Waals surface area (Å²) in [5, 5.41) is 10.8. The summed E-state index contributed by atoms with van der Waals surface area (Å²) in [6, 6.07) is 17.1. The molecule has 2 N–H and O–H groups in total. The van der Waals surface area contributed by atoms with E-state index in [9.17, 15) is 9.59 Å². The molecule has 0 radical (unpaired) electrons. The molecule has 0 unspecified atom stereocenters. The minimum Gasteiger partial charge on any atom is -0.492 e. The van der Waals surface area contributed by atoms with Gasteiger partial charge < -0.3 is 15.0 Å². The van der Waals surface area contributed by atoms with Gasteiger partial charge in [0.1, 0.15) is 12.4 Å². The Kier molecular flexibility index (Phi) is 6.24. The molecule has 0 aliphatic carbocycles. The van der Waals surface area contributed by atoms with Crippen molar-refractivity contribution in [1.29, 1.82) is 0 Å². The zero-order valence-corrected chi connectivity index (χ0v) is 16.7. The predicted molar refractivity (Wildman–Crippen MR) is 113 cm³/mol. The largest absolute Gasteiger partial charge is 0.492 e. The molecule has 2 amide bonds. The number of nitrogens with one attached hydrogen (secondary N) is 2. The van der Waals surface area contributed by atoms with Gasteiger partial charge in [0.05, 0.1) is 18.6 Å². The highest BCUT2D eigenvalue weighted by atomic mass is 16.5. The van der Waals surface area contributed by atoms with Crippen LogP contribution in [0.1, 0.15) is 10.5 Å². The van der Waals surface area contributed by atoms with Gasteiger partial charge in [-0.25, -0.2) is 0 Å². The van der Waals surface area contributed by atoms with Crippen LogP contribution in [0.2, 0.25) is 0 Å². The average Bonchev–Trinajstić information content (AvgIpc) is 3.22. The number of hydrogen-bond donors (Lipinski definition) is 2. The van der Waals surface area contributed by atoms with Crippen LogP contribution in [-0.2, 0) is 4.79 Å². The van der Waals surface area contributed by atoms with Crippen molar-refractivity contribution in [2.45, 2.75) is 0 Å². The van der Waals surface area contributed by atoms with Gasteiger partial charge in [-0.15, -0.1) is 0 Å². The number of aromatic nitrogens is 2. The van der Waals surface area contributed by atoms with Crippen molar-refractivity contribution >= 4 is 22.7 Å². The van der Waals surface area contributed by atoms with Gasteiger partial charge in [-0.1, -0.05) is 36.4 Å². The molecule has 1 aliphatic heterocycles. The summed E-state index contributed by atoms with van der Waals surface area (Å²) in [5.41, 5.74) is 1.31. The van der Waals surface area contributed by atoms with Crippen LogP contribution in [0.3, 0.4) is 0 Å². The number of carbonyl (C=O) groups excluding carboxylic acids is 2. The van der Waals surface area contributed by atoms with E-state index in [2.05, 4.69) is 20.4 Å². The first-order valence-corrected chi connectivity index (χ1v) is 10.1. The van der Waals surface area contributed by atoms with Crippen molar-refractivity contribution in [1.82, 2.24) is 25.3 Å². The van der Waals surface area contributed by atoms with E-state index in [4.69, 9.17) is 4.74 Å². The van der Waals surface area contributed by atoms with E-state index in [1.165, 1.54) is 0 Å². The highest BCUT2D eigenvalue weighted by Crippen LogP contribution is 2.17. The molecule has 8 nitrogen and oxygen atoms in total. The summed E-state index contributed by atoms with van der Waals surface area (Å²) in [6.07, 6.45) is 0. The minimum absolute atomic E-state index is 0.0373. The van der Waals surface area contributed by atoms with Gasteiger partial charge in [-0.3, -0.25) is 19.6 Å². The number of aromatic amines is 1. The van der Waals surface area contributed by atoms with E-state index in [1.54, 1.807) is 4.90 Å². The second kappa shape index (κ2) is 9.41. The van der Waals surface area contributed by atoms with Crippen molar-refractivity contribution in [2.75, 3.05) is 45.9 Å². The summed E-state index contributed by atoms with van der Waals surface area (Å²) in [6.45, 7) is 3.66. The van der Waals surface area contributed by atoms with Crippen molar-refractivity contribution in [3.63, 3.8) is 0 Å². The van der Waals surface area contributed by atoms with Gasteiger partial charge >= 0.3 is 0 Å². The number of hydrogen-bond acceptors (Lipinski definition) is 5. The fourth-order valence-corrected chi connectivity index (χ4v) is 3.52. The van der Waals surface area contributed by atoms with Crippen molar-refractivity contribution in [3.05, 3.63) is 60.3 Å². The lowest BCUT2D eigenvalue weighted by molar-refractivity contribution is -0.122. The smallest absolute Gasteiger partial charge is 0.275 e. The minimum atomic E-state index is -0.0744. The summed E-state index contributed by atoms with van der Waals surface area (Å²) >= 11 is 0. The molecule has 156 valence electrons. The number of para-hydroxylation sites is 2. The van der Waals surface area contributed by atoms with E-state index < -0.39 is 0 Å². The third-order valence-corrected chi connectivity index (χ3v) is 5.14. The van der Waals surface area contributed by atoms with Crippen LogP contribution in [0.15, 0.2) is 54.6 Å². The second-order valence-electron chi connectivity index (χ2n) is 7.20. The Hall–Kier alpha value is -3.39. The Labute approximate surface area is 174 Å². The van der Waals surface area contributed by atoms with Gasteiger partial charge in [0.2, 0.25) is 5.91 Å². The van der Waals surface area contributed by atoms with Gasteiger partial charge in [0.15, 0.2) is 5.69 Å². The fourth-order valence-electron chi connectivity index (χ4n) is 3.52. The number of rotatable bonds is 7. The number of amides is 2. The number of carbonyl (C=O) groups is 2. The summed E-state index contributed by atoms with van der Waals surface area (Å²) < 4.78 is 5.57. The fraction of sp³-hybridized carbons (Fsp3) is 0.318. The third-order valence-electron chi connectivity index (χ3n) is 5.14. The highest BCUT2D eigenvalue weighted by Gasteiger charge is 2.25. The van der Waals surface area contributed by atoms with Crippen LogP contribution in [-0.4, -0.2) is 77.7 Å². The quantitative estimate of drug-likeness (QED) is 0.580. The molecule has 1 aromatic heterocycles. The number of H-pyrrole nitrogens is 1. The number of fused-ring (bicyclic) bond motifs is 1. The van der Waals surface area contributed by atoms with E-state index >= 15 is 0 Å². The van der Waals surface area contributed by atoms with E-state index in [1.807, 2.05) is 54.6 Å². The van der Waals surface area contributed by atoms with Crippen molar-refractivity contribution in [2.24, 2.45) is 0 Å². The molecule has 1 fully saturated rings. The first kappa shape index (κ1) is 19.9. The molecule has 0 spiro atoms. The molecular formula is C22H25N5O3. The Morgan fingerprint density at radius 2 is 1.73 bits per heavy atom. The van der Waals surface area contributed by atoms with E-state index in [-0.39, 0.29) is 11.8 Å². The van der Waals surface area contributed by atoms with Gasteiger partial charge in [-0.2, -0.15) is 5.10 Å². The number of benzene rings is 2. The van der Waals surface area contributed by atoms with Crippen LogP contribution in [0.5, 0.6) is 5.75 Å². The molecular weight excluding hydrogens is 382 g/mol. The molecule has 1 aliphatic rings. The Bertz CT molecular complexity index is 996. The zero-order valence-electron chi connectivity index (χ0n) is 16.7. The van der Waals surface area contributed by atoms with Gasteiger partial charge in [0.25, 0.3) is 5.91 Å². The molecule has 2 heterocycles. The lowest BCUT2D eigenvalue weighted by atomic mass is 10.2. The van der Waals surface area contributed by atoms with Crippen molar-refractivity contribution in [3.8, 4) is 5.75 Å².